The second-order valence-electron chi connectivity index (χ2n) is 5.23. The second kappa shape index (κ2) is 7.74. The molecule has 0 bridgehead atoms. The van der Waals surface area contributed by atoms with Crippen molar-refractivity contribution < 1.29 is 9.63 Å². The number of nitrogens with one attached hydrogen (secondary N) is 1. The van der Waals surface area contributed by atoms with Gasteiger partial charge in [0.1, 0.15) is 16.2 Å². The maximum absolute atomic E-state index is 11.9. The molecule has 24 heavy (non-hydrogen) atoms. The third-order valence-corrected chi connectivity index (χ3v) is 5.64. The van der Waals surface area contributed by atoms with Gasteiger partial charge in [-0.1, -0.05) is 42.1 Å². The Kier molecular flexibility index (Phi) is 5.44. The van der Waals surface area contributed by atoms with Gasteiger partial charge < -0.3 is 0 Å². The number of thioether (sulfide) groups is 1. The van der Waals surface area contributed by atoms with Crippen molar-refractivity contribution in [2.45, 2.75) is 25.5 Å². The number of hydrogen-bond acceptors (Lipinski definition) is 6. The summed E-state index contributed by atoms with van der Waals surface area (Å²) in [6.45, 7) is 4.47. The van der Waals surface area contributed by atoms with Gasteiger partial charge in [0.2, 0.25) is 0 Å². The molecular formula is C17H17N3O2S2. The van der Waals surface area contributed by atoms with E-state index in [9.17, 15) is 4.79 Å². The zero-order chi connectivity index (χ0) is 16.9. The normalized spacial score (nSPS) is 10.9. The van der Waals surface area contributed by atoms with Gasteiger partial charge in [0.15, 0.2) is 0 Å². The predicted octanol–water partition coefficient (Wildman–Crippen LogP) is 3.65. The average molecular weight is 359 g/mol. The number of benzene rings is 1. The summed E-state index contributed by atoms with van der Waals surface area (Å²) in [6, 6.07) is 9.69. The minimum atomic E-state index is -0.188. The number of thiophene rings is 1. The molecule has 0 saturated heterocycles. The quantitative estimate of drug-likeness (QED) is 0.413. The van der Waals surface area contributed by atoms with Crippen LogP contribution in [0, 0.1) is 13.8 Å². The van der Waals surface area contributed by atoms with Gasteiger partial charge in [-0.25, -0.2) is 15.4 Å². The maximum Gasteiger partial charge on any atom is 0.253 e. The van der Waals surface area contributed by atoms with E-state index < -0.39 is 0 Å². The topological polar surface area (TPSA) is 64.1 Å². The smallest absolute Gasteiger partial charge is 0.253 e. The van der Waals surface area contributed by atoms with Crippen molar-refractivity contribution in [1.29, 1.82) is 0 Å². The van der Waals surface area contributed by atoms with Gasteiger partial charge in [-0.05, 0) is 25.0 Å². The number of carbonyl (C=O) groups is 1. The van der Waals surface area contributed by atoms with Crippen molar-refractivity contribution in [3.05, 3.63) is 52.7 Å². The molecule has 0 aliphatic heterocycles. The van der Waals surface area contributed by atoms with Crippen LogP contribution in [0.3, 0.4) is 0 Å². The van der Waals surface area contributed by atoms with Gasteiger partial charge in [-0.3, -0.25) is 9.63 Å². The van der Waals surface area contributed by atoms with E-state index in [2.05, 4.69) is 29.3 Å². The van der Waals surface area contributed by atoms with Crippen molar-refractivity contribution in [2.24, 2.45) is 0 Å². The lowest BCUT2D eigenvalue weighted by Crippen LogP contribution is -2.25. The van der Waals surface area contributed by atoms with Crippen LogP contribution in [0.15, 0.2) is 41.7 Å². The summed E-state index contributed by atoms with van der Waals surface area (Å²) < 4.78 is 0. The van der Waals surface area contributed by atoms with Crippen molar-refractivity contribution in [3.63, 3.8) is 0 Å². The fourth-order valence-corrected chi connectivity index (χ4v) is 4.10. The van der Waals surface area contributed by atoms with Crippen molar-refractivity contribution >= 4 is 39.2 Å². The number of rotatable bonds is 6. The third kappa shape index (κ3) is 3.92. The molecule has 0 fully saturated rings. The van der Waals surface area contributed by atoms with Gasteiger partial charge in [0, 0.05) is 10.3 Å². The standard InChI is InChI=1S/C17H17N3O2S2/c1-11-12(2)24-17-15(11)16(18-10-19-17)23-9-14(21)20-22-8-13-6-4-3-5-7-13/h3-7,10H,8-9H2,1-2H3,(H,20,21). The summed E-state index contributed by atoms with van der Waals surface area (Å²) in [5.74, 6) is 0.0576. The van der Waals surface area contributed by atoms with E-state index in [0.29, 0.717) is 6.61 Å². The number of fused-ring (bicyclic) bond motifs is 1. The minimum Gasteiger partial charge on any atom is -0.272 e. The molecule has 0 spiro atoms. The van der Waals surface area contributed by atoms with Crippen LogP contribution in [-0.2, 0) is 16.2 Å². The number of carbonyl (C=O) groups excluding carboxylic acids is 1. The van der Waals surface area contributed by atoms with Gasteiger partial charge in [0.25, 0.3) is 5.91 Å². The second-order valence-corrected chi connectivity index (χ2v) is 7.40. The fourth-order valence-electron chi connectivity index (χ4n) is 2.20. The van der Waals surface area contributed by atoms with Crippen LogP contribution in [0.2, 0.25) is 0 Å². The van der Waals surface area contributed by atoms with Crippen LogP contribution in [0.1, 0.15) is 16.0 Å². The van der Waals surface area contributed by atoms with Crippen LogP contribution in [0.4, 0.5) is 0 Å². The number of aryl methyl sites for hydroxylation is 2. The monoisotopic (exact) mass is 359 g/mol. The van der Waals surface area contributed by atoms with Crippen LogP contribution in [-0.4, -0.2) is 21.6 Å². The minimum absolute atomic E-state index is 0.188. The van der Waals surface area contributed by atoms with Gasteiger partial charge >= 0.3 is 0 Å². The van der Waals surface area contributed by atoms with Crippen molar-refractivity contribution in [2.75, 3.05) is 5.75 Å². The number of nitrogens with zero attached hydrogens (tertiary/aromatic N) is 2. The summed E-state index contributed by atoms with van der Waals surface area (Å²) in [6.07, 6.45) is 1.55. The Morgan fingerprint density at radius 1 is 1.25 bits per heavy atom. The van der Waals surface area contributed by atoms with E-state index >= 15 is 0 Å². The third-order valence-electron chi connectivity index (χ3n) is 3.54. The van der Waals surface area contributed by atoms with Crippen LogP contribution >= 0.6 is 23.1 Å². The molecule has 3 rings (SSSR count). The molecule has 2 aromatic heterocycles. The number of hydrogen-bond donors (Lipinski definition) is 1. The zero-order valence-corrected chi connectivity index (χ0v) is 15.0. The Balaban J connectivity index is 1.55. The van der Waals surface area contributed by atoms with Crippen LogP contribution in [0.5, 0.6) is 0 Å². The highest BCUT2D eigenvalue weighted by atomic mass is 32.2. The molecule has 1 N–H and O–H groups in total. The molecule has 0 aliphatic rings. The lowest BCUT2D eigenvalue weighted by Gasteiger charge is -2.06. The molecule has 1 amide bonds. The van der Waals surface area contributed by atoms with Gasteiger partial charge in [-0.15, -0.1) is 11.3 Å². The summed E-state index contributed by atoms with van der Waals surface area (Å²) in [7, 11) is 0. The molecule has 124 valence electrons. The average Bonchev–Trinajstić information content (AvgIpc) is 2.89. The Hall–Kier alpha value is -1.96. The predicted molar refractivity (Wildman–Crippen MR) is 97.0 cm³/mol. The highest BCUT2D eigenvalue weighted by Crippen LogP contribution is 2.34. The molecule has 0 atom stereocenters. The first-order chi connectivity index (χ1) is 11.6. The summed E-state index contributed by atoms with van der Waals surface area (Å²) in [5.41, 5.74) is 4.65. The summed E-state index contributed by atoms with van der Waals surface area (Å²) in [4.78, 5) is 28.0. The van der Waals surface area contributed by atoms with Crippen LogP contribution < -0.4 is 5.48 Å². The fraction of sp³-hybridized carbons (Fsp3) is 0.235. The SMILES string of the molecule is Cc1sc2ncnc(SCC(=O)NOCc3ccccc3)c2c1C. The molecule has 3 aromatic rings. The van der Waals surface area contributed by atoms with Crippen LogP contribution in [0.25, 0.3) is 10.2 Å². The lowest BCUT2D eigenvalue weighted by atomic mass is 10.2. The first kappa shape index (κ1) is 16.9. The molecule has 1 aromatic carbocycles. The number of amides is 1. The largest absolute Gasteiger partial charge is 0.272 e. The first-order valence-electron chi connectivity index (χ1n) is 7.43. The molecule has 2 heterocycles. The zero-order valence-electron chi connectivity index (χ0n) is 13.4. The number of aromatic nitrogens is 2. The molecular weight excluding hydrogens is 342 g/mol. The highest BCUT2D eigenvalue weighted by Gasteiger charge is 2.13. The van der Waals surface area contributed by atoms with E-state index in [1.165, 1.54) is 22.2 Å². The molecule has 5 nitrogen and oxygen atoms in total. The number of hydroxylamine groups is 1. The Labute approximate surface area is 148 Å². The Morgan fingerprint density at radius 2 is 2.04 bits per heavy atom. The van der Waals surface area contributed by atoms with Crippen molar-refractivity contribution in [1.82, 2.24) is 15.4 Å². The van der Waals surface area contributed by atoms with Gasteiger partial charge in [-0.2, -0.15) is 0 Å². The molecule has 7 heteroatoms. The summed E-state index contributed by atoms with van der Waals surface area (Å²) in [5, 5.41) is 1.88. The Bertz CT molecular complexity index is 850. The molecule has 0 saturated carbocycles. The Morgan fingerprint density at radius 3 is 2.83 bits per heavy atom. The molecule has 0 unspecified atom stereocenters. The van der Waals surface area contributed by atoms with E-state index in [0.717, 1.165) is 20.8 Å². The first-order valence-corrected chi connectivity index (χ1v) is 9.23. The van der Waals surface area contributed by atoms with E-state index in [4.69, 9.17) is 4.84 Å². The summed E-state index contributed by atoms with van der Waals surface area (Å²) >= 11 is 3.04. The lowest BCUT2D eigenvalue weighted by molar-refractivity contribution is -0.131. The molecule has 0 aliphatic carbocycles. The molecule has 0 radical (unpaired) electrons. The maximum atomic E-state index is 11.9. The van der Waals surface area contributed by atoms with E-state index in [-0.39, 0.29) is 11.7 Å². The van der Waals surface area contributed by atoms with E-state index in [1.807, 2.05) is 30.3 Å². The van der Waals surface area contributed by atoms with Crippen molar-refractivity contribution in [3.8, 4) is 0 Å². The highest BCUT2D eigenvalue weighted by molar-refractivity contribution is 8.00. The van der Waals surface area contributed by atoms with Gasteiger partial charge in [0.05, 0.1) is 12.4 Å². The van der Waals surface area contributed by atoms with E-state index in [1.54, 1.807) is 17.7 Å².